The van der Waals surface area contributed by atoms with Gasteiger partial charge in [0, 0.05) is 0 Å². The van der Waals surface area contributed by atoms with Crippen LogP contribution in [-0.4, -0.2) is 11.1 Å². The van der Waals surface area contributed by atoms with Gasteiger partial charge in [-0.2, -0.15) is 0 Å². The van der Waals surface area contributed by atoms with E-state index in [2.05, 4.69) is 6.92 Å². The molecule has 0 spiro atoms. The molecule has 2 unspecified atom stereocenters. The topological polar surface area (TPSA) is 37.3 Å². The highest BCUT2D eigenvalue weighted by Crippen LogP contribution is 2.17. The molecule has 0 heterocycles. The second-order valence-corrected chi connectivity index (χ2v) is 4.75. The predicted octanol–water partition coefficient (Wildman–Crippen LogP) is 3.51. The average molecular weight is 238 g/mol. The van der Waals surface area contributed by atoms with Gasteiger partial charge in [0.1, 0.15) is 5.82 Å². The lowest BCUT2D eigenvalue weighted by molar-refractivity contribution is -0.141. The van der Waals surface area contributed by atoms with Gasteiger partial charge < -0.3 is 5.11 Å². The van der Waals surface area contributed by atoms with Crippen molar-refractivity contribution in [1.29, 1.82) is 0 Å². The van der Waals surface area contributed by atoms with Crippen molar-refractivity contribution >= 4 is 5.97 Å². The summed E-state index contributed by atoms with van der Waals surface area (Å²) in [5.74, 6) is -0.826. The van der Waals surface area contributed by atoms with Crippen molar-refractivity contribution in [3.63, 3.8) is 0 Å². The number of aliphatic carboxylic acids is 1. The first-order chi connectivity index (χ1) is 7.99. The molecule has 3 heteroatoms. The Morgan fingerprint density at radius 1 is 1.24 bits per heavy atom. The van der Waals surface area contributed by atoms with E-state index in [0.717, 1.165) is 18.4 Å². The van der Waals surface area contributed by atoms with Crippen LogP contribution in [0.25, 0.3) is 0 Å². The van der Waals surface area contributed by atoms with Crippen molar-refractivity contribution in [3.8, 4) is 0 Å². The minimum atomic E-state index is -0.737. The van der Waals surface area contributed by atoms with Crippen molar-refractivity contribution in [2.24, 2.45) is 11.8 Å². The number of hydrogen-bond donors (Lipinski definition) is 1. The van der Waals surface area contributed by atoms with Gasteiger partial charge in [-0.25, -0.2) is 4.39 Å². The molecule has 0 amide bonds. The van der Waals surface area contributed by atoms with Crippen molar-refractivity contribution in [2.75, 3.05) is 0 Å². The molecule has 2 nitrogen and oxygen atoms in total. The lowest BCUT2D eigenvalue weighted by atomic mass is 9.93. The Morgan fingerprint density at radius 2 is 1.82 bits per heavy atom. The van der Waals surface area contributed by atoms with Crippen molar-refractivity contribution in [3.05, 3.63) is 35.6 Å². The van der Waals surface area contributed by atoms with Crippen LogP contribution >= 0.6 is 0 Å². The lowest BCUT2D eigenvalue weighted by Crippen LogP contribution is -2.11. The van der Waals surface area contributed by atoms with Crippen LogP contribution in [0.4, 0.5) is 4.39 Å². The highest BCUT2D eigenvalue weighted by atomic mass is 19.1. The van der Waals surface area contributed by atoms with E-state index in [1.54, 1.807) is 19.1 Å². The minimum Gasteiger partial charge on any atom is -0.481 e. The number of hydrogen-bond acceptors (Lipinski definition) is 1. The van der Waals surface area contributed by atoms with Gasteiger partial charge in [0.25, 0.3) is 0 Å². The largest absolute Gasteiger partial charge is 0.481 e. The van der Waals surface area contributed by atoms with Gasteiger partial charge in [0.15, 0.2) is 0 Å². The number of benzene rings is 1. The van der Waals surface area contributed by atoms with Crippen LogP contribution in [0.3, 0.4) is 0 Å². The lowest BCUT2D eigenvalue weighted by Gasteiger charge is -2.13. The van der Waals surface area contributed by atoms with Crippen molar-refractivity contribution < 1.29 is 14.3 Å². The molecule has 0 aliphatic heterocycles. The maximum Gasteiger partial charge on any atom is 0.306 e. The van der Waals surface area contributed by atoms with E-state index in [-0.39, 0.29) is 11.7 Å². The normalized spacial score (nSPS) is 14.3. The van der Waals surface area contributed by atoms with Crippen LogP contribution in [0.1, 0.15) is 32.3 Å². The standard InChI is InChI=1S/C14H19FO2/c1-10(3-4-11(2)14(16)17)9-12-5-7-13(15)8-6-12/h5-8,10-11H,3-4,9H2,1-2H3,(H,16,17). The fourth-order valence-electron chi connectivity index (χ4n) is 1.78. The Bertz CT molecular complexity index is 359. The Morgan fingerprint density at radius 3 is 2.35 bits per heavy atom. The maximum absolute atomic E-state index is 12.7. The number of carbonyl (C=O) groups is 1. The molecule has 0 aromatic heterocycles. The van der Waals surface area contributed by atoms with Crippen LogP contribution in [0.15, 0.2) is 24.3 Å². The molecule has 1 rings (SSSR count). The summed E-state index contributed by atoms with van der Waals surface area (Å²) in [6, 6.07) is 6.49. The average Bonchev–Trinajstić information content (AvgIpc) is 2.29. The zero-order valence-corrected chi connectivity index (χ0v) is 10.3. The Labute approximate surface area is 101 Å². The van der Waals surface area contributed by atoms with Crippen molar-refractivity contribution in [1.82, 2.24) is 0 Å². The SMILES string of the molecule is CC(CCC(C)C(=O)O)Cc1ccc(F)cc1. The molecule has 0 saturated heterocycles. The van der Waals surface area contributed by atoms with Crippen LogP contribution in [0.2, 0.25) is 0 Å². The number of rotatable bonds is 6. The summed E-state index contributed by atoms with van der Waals surface area (Å²) in [6.45, 7) is 3.82. The van der Waals surface area contributed by atoms with Crippen LogP contribution in [0.5, 0.6) is 0 Å². The van der Waals surface area contributed by atoms with Gasteiger partial charge in [-0.3, -0.25) is 4.79 Å². The molecule has 0 bridgehead atoms. The third-order valence-electron chi connectivity index (χ3n) is 3.01. The molecule has 0 radical (unpaired) electrons. The van der Waals surface area contributed by atoms with Gasteiger partial charge in [-0.05, 0) is 42.9 Å². The molecule has 2 atom stereocenters. The molecule has 94 valence electrons. The second kappa shape index (κ2) is 6.38. The van der Waals surface area contributed by atoms with E-state index in [1.165, 1.54) is 12.1 Å². The van der Waals surface area contributed by atoms with Gasteiger partial charge >= 0.3 is 5.97 Å². The van der Waals surface area contributed by atoms with E-state index in [1.807, 2.05) is 0 Å². The van der Waals surface area contributed by atoms with Gasteiger partial charge in [-0.15, -0.1) is 0 Å². The third kappa shape index (κ3) is 4.98. The number of carboxylic acid groups (broad SMARTS) is 1. The fraction of sp³-hybridized carbons (Fsp3) is 0.500. The summed E-state index contributed by atoms with van der Waals surface area (Å²) in [4.78, 5) is 10.7. The summed E-state index contributed by atoms with van der Waals surface area (Å²) in [7, 11) is 0. The summed E-state index contributed by atoms with van der Waals surface area (Å²) in [5.41, 5.74) is 1.10. The minimum absolute atomic E-state index is 0.221. The summed E-state index contributed by atoms with van der Waals surface area (Å²) >= 11 is 0. The van der Waals surface area contributed by atoms with E-state index in [4.69, 9.17) is 5.11 Å². The van der Waals surface area contributed by atoms with Crippen molar-refractivity contribution in [2.45, 2.75) is 33.1 Å². The monoisotopic (exact) mass is 238 g/mol. The van der Waals surface area contributed by atoms with E-state index in [0.29, 0.717) is 12.3 Å². The smallest absolute Gasteiger partial charge is 0.306 e. The second-order valence-electron chi connectivity index (χ2n) is 4.75. The molecule has 0 saturated carbocycles. The molecule has 1 aromatic rings. The van der Waals surface area contributed by atoms with E-state index >= 15 is 0 Å². The molecule has 0 aliphatic carbocycles. The van der Waals surface area contributed by atoms with Crippen LogP contribution < -0.4 is 0 Å². The Hall–Kier alpha value is -1.38. The number of carboxylic acids is 1. The Balaban J connectivity index is 2.36. The molecule has 1 N–H and O–H groups in total. The molecule has 0 fully saturated rings. The zero-order valence-electron chi connectivity index (χ0n) is 10.3. The molecular weight excluding hydrogens is 219 g/mol. The number of halogens is 1. The predicted molar refractivity (Wildman–Crippen MR) is 65.3 cm³/mol. The van der Waals surface area contributed by atoms with Gasteiger partial charge in [0.2, 0.25) is 0 Å². The first-order valence-corrected chi connectivity index (χ1v) is 5.96. The highest BCUT2D eigenvalue weighted by molar-refractivity contribution is 5.69. The molecule has 17 heavy (non-hydrogen) atoms. The summed E-state index contributed by atoms with van der Waals surface area (Å²) in [6.07, 6.45) is 2.44. The maximum atomic E-state index is 12.7. The van der Waals surface area contributed by atoms with Gasteiger partial charge in [0.05, 0.1) is 5.92 Å². The fourth-order valence-corrected chi connectivity index (χ4v) is 1.78. The molecule has 1 aromatic carbocycles. The molecule has 0 aliphatic rings. The van der Waals surface area contributed by atoms with Crippen LogP contribution in [-0.2, 0) is 11.2 Å². The van der Waals surface area contributed by atoms with Crippen LogP contribution in [0, 0.1) is 17.7 Å². The Kier molecular flexibility index (Phi) is 5.13. The summed E-state index contributed by atoms with van der Waals surface area (Å²) in [5, 5.41) is 8.77. The first kappa shape index (κ1) is 13.7. The molecular formula is C14H19FO2. The highest BCUT2D eigenvalue weighted by Gasteiger charge is 2.12. The van der Waals surface area contributed by atoms with Gasteiger partial charge in [-0.1, -0.05) is 26.0 Å². The van der Waals surface area contributed by atoms with E-state index in [9.17, 15) is 9.18 Å². The quantitative estimate of drug-likeness (QED) is 0.823. The van der Waals surface area contributed by atoms with E-state index < -0.39 is 5.97 Å². The summed E-state index contributed by atoms with van der Waals surface area (Å²) < 4.78 is 12.7. The third-order valence-corrected chi connectivity index (χ3v) is 3.01. The first-order valence-electron chi connectivity index (χ1n) is 5.96. The zero-order chi connectivity index (χ0) is 12.8.